The molecule has 0 spiro atoms. The van der Waals surface area contributed by atoms with Crippen molar-refractivity contribution in [3.63, 3.8) is 0 Å². The summed E-state index contributed by atoms with van der Waals surface area (Å²) in [5, 5.41) is 0. The predicted molar refractivity (Wildman–Crippen MR) is 160 cm³/mol. The average Bonchev–Trinajstić information content (AvgIpc) is 3.46. The zero-order valence-corrected chi connectivity index (χ0v) is 25.9. The van der Waals surface area contributed by atoms with Crippen LogP contribution in [0.25, 0.3) is 0 Å². The van der Waals surface area contributed by atoms with Crippen molar-refractivity contribution in [2.75, 3.05) is 6.61 Å². The molecule has 0 aromatic heterocycles. The number of hydrogen-bond acceptors (Lipinski definition) is 8. The number of carbonyl (C=O) groups is 5. The van der Waals surface area contributed by atoms with Crippen molar-refractivity contribution in [1.29, 1.82) is 0 Å². The van der Waals surface area contributed by atoms with E-state index in [-0.39, 0.29) is 19.4 Å². The monoisotopic (exact) mass is 596 g/mol. The Morgan fingerprint density at radius 1 is 0.744 bits per heavy atom. The normalized spacial score (nSPS) is 24.5. The van der Waals surface area contributed by atoms with Gasteiger partial charge >= 0.3 is 29.8 Å². The average molecular weight is 597 g/mol. The van der Waals surface area contributed by atoms with Crippen LogP contribution in [0.1, 0.15) is 138 Å². The van der Waals surface area contributed by atoms with Crippen LogP contribution in [-0.2, 0) is 38.2 Å². The van der Waals surface area contributed by atoms with E-state index in [9.17, 15) is 24.0 Å². The second kappa shape index (κ2) is 16.2. The topological polar surface area (TPSA) is 113 Å². The highest BCUT2D eigenvalue weighted by atomic mass is 16.6. The smallest absolute Gasteiger partial charge is 0.321 e. The first-order valence-corrected chi connectivity index (χ1v) is 16.6. The summed E-state index contributed by atoms with van der Waals surface area (Å²) >= 11 is 0. The number of fused-ring (bicyclic) bond motifs is 3. The Bertz CT molecular complexity index is 1160. The molecule has 1 aromatic carbocycles. The quantitative estimate of drug-likeness (QED) is 0.0771. The van der Waals surface area contributed by atoms with Gasteiger partial charge in [0.2, 0.25) is 0 Å². The van der Waals surface area contributed by atoms with Crippen molar-refractivity contribution in [3.8, 4) is 0 Å². The molecule has 2 heterocycles. The van der Waals surface area contributed by atoms with Crippen molar-refractivity contribution < 1.29 is 38.2 Å². The number of hydrogen-bond donors (Lipinski definition) is 0. The fraction of sp³-hybridized carbons (Fsp3) is 0.686. The third-order valence-electron chi connectivity index (χ3n) is 9.45. The molecule has 2 fully saturated rings. The molecule has 0 radical (unpaired) electrons. The molecule has 0 saturated carbocycles. The van der Waals surface area contributed by atoms with Crippen LogP contribution in [0.5, 0.6) is 0 Å². The summed E-state index contributed by atoms with van der Waals surface area (Å²) in [5.74, 6) is -7.13. The summed E-state index contributed by atoms with van der Waals surface area (Å²) < 4.78 is 15.5. The van der Waals surface area contributed by atoms with E-state index in [1.807, 2.05) is 25.1 Å². The lowest BCUT2D eigenvalue weighted by atomic mass is 9.59. The van der Waals surface area contributed by atoms with Gasteiger partial charge in [0.1, 0.15) is 0 Å². The van der Waals surface area contributed by atoms with Gasteiger partial charge in [0, 0.05) is 12.3 Å². The van der Waals surface area contributed by atoms with Crippen LogP contribution >= 0.6 is 0 Å². The van der Waals surface area contributed by atoms with Crippen LogP contribution in [0.15, 0.2) is 18.2 Å². The number of benzene rings is 1. The third kappa shape index (κ3) is 8.54. The van der Waals surface area contributed by atoms with E-state index in [1.165, 1.54) is 70.6 Å². The van der Waals surface area contributed by atoms with Gasteiger partial charge in [0.25, 0.3) is 0 Å². The summed E-state index contributed by atoms with van der Waals surface area (Å²) in [6.45, 7) is 4.41. The van der Waals surface area contributed by atoms with Crippen molar-refractivity contribution in [3.05, 3.63) is 34.9 Å². The maximum atomic E-state index is 13.1. The summed E-state index contributed by atoms with van der Waals surface area (Å²) in [7, 11) is 0. The Labute approximate surface area is 255 Å². The molecule has 0 amide bonds. The maximum Gasteiger partial charge on any atom is 0.321 e. The molecule has 2 saturated heterocycles. The van der Waals surface area contributed by atoms with E-state index in [1.54, 1.807) is 0 Å². The predicted octanol–water partition coefficient (Wildman–Crippen LogP) is 7.00. The van der Waals surface area contributed by atoms with E-state index in [2.05, 4.69) is 6.92 Å². The number of carbonyl (C=O) groups excluding carboxylic acids is 5. The first-order valence-electron chi connectivity index (χ1n) is 16.6. The fourth-order valence-electron chi connectivity index (χ4n) is 7.25. The number of cyclic esters (lactones) is 4. The van der Waals surface area contributed by atoms with Gasteiger partial charge in [0.15, 0.2) is 0 Å². The lowest BCUT2D eigenvalue weighted by Gasteiger charge is -2.40. The molecular weight excluding hydrogens is 548 g/mol. The molecule has 8 nitrogen and oxygen atoms in total. The van der Waals surface area contributed by atoms with Crippen molar-refractivity contribution in [2.45, 2.75) is 128 Å². The van der Waals surface area contributed by atoms with Crippen molar-refractivity contribution in [1.82, 2.24) is 0 Å². The summed E-state index contributed by atoms with van der Waals surface area (Å²) in [4.78, 5) is 63.5. The van der Waals surface area contributed by atoms with E-state index >= 15 is 0 Å². The second-order valence-corrected chi connectivity index (χ2v) is 12.7. The molecule has 4 rings (SSSR count). The van der Waals surface area contributed by atoms with Gasteiger partial charge in [-0.15, -0.1) is 0 Å². The minimum atomic E-state index is -0.927. The lowest BCUT2D eigenvalue weighted by Crippen LogP contribution is -2.40. The molecular formula is C35H48O8. The highest BCUT2D eigenvalue weighted by Crippen LogP contribution is 2.55. The Kier molecular flexibility index (Phi) is 12.4. The Morgan fingerprint density at radius 3 is 1.93 bits per heavy atom. The number of unbranched alkanes of at least 4 members (excludes halogenated alkanes) is 13. The van der Waals surface area contributed by atoms with Gasteiger partial charge in [-0.1, -0.05) is 114 Å². The van der Waals surface area contributed by atoms with Crippen LogP contribution in [0.2, 0.25) is 0 Å². The van der Waals surface area contributed by atoms with E-state index in [0.717, 1.165) is 24.8 Å². The Morgan fingerprint density at radius 2 is 1.35 bits per heavy atom. The van der Waals surface area contributed by atoms with Crippen LogP contribution < -0.4 is 0 Å². The number of esters is 5. The molecule has 0 bridgehead atoms. The van der Waals surface area contributed by atoms with Gasteiger partial charge in [0.05, 0.1) is 30.8 Å². The first-order chi connectivity index (χ1) is 20.8. The highest BCUT2D eigenvalue weighted by Gasteiger charge is 2.59. The molecule has 1 aromatic rings. The SMILES string of the molecule is CCCCCCCCCCCCCCCCOC(=O)CC1C2C(=O)OC(=O)C2c2cc(C)ccc2C1C1CC(=O)OC1=O. The summed E-state index contributed by atoms with van der Waals surface area (Å²) in [5.41, 5.74) is 2.18. The zero-order chi connectivity index (χ0) is 30.8. The minimum Gasteiger partial charge on any atom is -0.466 e. The molecule has 0 N–H and O–H groups in total. The van der Waals surface area contributed by atoms with Gasteiger partial charge in [-0.05, 0) is 30.4 Å². The fourth-order valence-corrected chi connectivity index (χ4v) is 7.25. The highest BCUT2D eigenvalue weighted by molar-refractivity contribution is 6.01. The van der Waals surface area contributed by atoms with Gasteiger partial charge in [-0.3, -0.25) is 24.0 Å². The Hall–Kier alpha value is -3.03. The molecule has 5 unspecified atom stereocenters. The van der Waals surface area contributed by atoms with Crippen LogP contribution in [0.4, 0.5) is 0 Å². The van der Waals surface area contributed by atoms with Crippen LogP contribution in [0, 0.1) is 24.7 Å². The van der Waals surface area contributed by atoms with E-state index in [0.29, 0.717) is 11.1 Å². The summed E-state index contributed by atoms with van der Waals surface area (Å²) in [6.07, 6.45) is 17.0. The Balaban J connectivity index is 1.25. The molecule has 5 atom stereocenters. The van der Waals surface area contributed by atoms with E-state index < -0.39 is 59.4 Å². The van der Waals surface area contributed by atoms with Gasteiger partial charge in [-0.2, -0.15) is 0 Å². The molecule has 8 heteroatoms. The molecule has 1 aliphatic carbocycles. The summed E-state index contributed by atoms with van der Waals surface area (Å²) in [6, 6.07) is 5.51. The number of aryl methyl sites for hydroxylation is 1. The zero-order valence-electron chi connectivity index (χ0n) is 25.9. The molecule has 43 heavy (non-hydrogen) atoms. The first kappa shape index (κ1) is 32.9. The van der Waals surface area contributed by atoms with Crippen molar-refractivity contribution in [2.24, 2.45) is 17.8 Å². The van der Waals surface area contributed by atoms with Gasteiger partial charge in [-0.25, -0.2) is 0 Å². The van der Waals surface area contributed by atoms with Crippen LogP contribution in [0.3, 0.4) is 0 Å². The maximum absolute atomic E-state index is 13.1. The second-order valence-electron chi connectivity index (χ2n) is 12.7. The minimum absolute atomic E-state index is 0.137. The number of ether oxygens (including phenoxy) is 3. The standard InChI is InChI=1S/C35H48O8/c1-3-4-5-6-7-8-9-10-11-12-13-14-15-16-19-41-28(36)21-26-30(27-22-29(37)42-33(27)38)24-18-17-23(2)20-25(24)31-32(26)35(40)43-34(31)39/h17-18,20,26-27,30-32H,3-16,19,21-22H2,1-2H3. The molecule has 236 valence electrons. The number of rotatable bonds is 18. The molecule has 2 aliphatic heterocycles. The third-order valence-corrected chi connectivity index (χ3v) is 9.45. The van der Waals surface area contributed by atoms with Gasteiger partial charge < -0.3 is 14.2 Å². The van der Waals surface area contributed by atoms with E-state index in [4.69, 9.17) is 14.2 Å². The molecule has 3 aliphatic rings. The lowest BCUT2D eigenvalue weighted by molar-refractivity contribution is -0.157. The van der Waals surface area contributed by atoms with Crippen molar-refractivity contribution >= 4 is 29.8 Å². The largest absolute Gasteiger partial charge is 0.466 e. The van der Waals surface area contributed by atoms with Crippen LogP contribution in [-0.4, -0.2) is 36.5 Å².